The van der Waals surface area contributed by atoms with Crippen molar-refractivity contribution in [3.63, 3.8) is 0 Å². The number of hydrogen-bond donors (Lipinski definition) is 2. The molecule has 0 atom stereocenters. The van der Waals surface area contributed by atoms with E-state index in [0.717, 1.165) is 22.6 Å². The Morgan fingerprint density at radius 2 is 1.29 bits per heavy atom. The van der Waals surface area contributed by atoms with Crippen LogP contribution in [-0.4, -0.2) is 0 Å². The Hall–Kier alpha value is -2.36. The van der Waals surface area contributed by atoms with Crippen LogP contribution in [0.15, 0.2) is 58.8 Å². The molecule has 0 amide bonds. The number of rotatable bonds is 3. The van der Waals surface area contributed by atoms with Crippen LogP contribution in [0.3, 0.4) is 0 Å². The van der Waals surface area contributed by atoms with Crippen LogP contribution in [0.5, 0.6) is 0 Å². The highest BCUT2D eigenvalue weighted by atomic mass is 15.1. The fraction of sp³-hybridized carbons (Fsp3) is 0.0769. The third-order valence-corrected chi connectivity index (χ3v) is 2.31. The second-order valence-corrected chi connectivity index (χ2v) is 3.73. The van der Waals surface area contributed by atoms with E-state index in [2.05, 4.69) is 10.2 Å². The van der Waals surface area contributed by atoms with E-state index in [1.807, 2.05) is 36.4 Å². The zero-order chi connectivity index (χ0) is 12.1. The summed E-state index contributed by atoms with van der Waals surface area (Å²) in [6.45, 7) is 0.546. The Labute approximate surface area is 100.0 Å². The van der Waals surface area contributed by atoms with Crippen LogP contribution in [0.1, 0.15) is 5.56 Å². The van der Waals surface area contributed by atoms with Crippen molar-refractivity contribution in [2.45, 2.75) is 6.54 Å². The molecule has 0 spiro atoms. The molecule has 2 aromatic rings. The molecular weight excluding hydrogens is 212 g/mol. The van der Waals surface area contributed by atoms with Gasteiger partial charge in [0.1, 0.15) is 0 Å². The predicted octanol–water partition coefficient (Wildman–Crippen LogP) is 3.13. The molecule has 0 heterocycles. The molecule has 0 saturated carbocycles. The lowest BCUT2D eigenvalue weighted by molar-refractivity contribution is 0.960. The van der Waals surface area contributed by atoms with Gasteiger partial charge < -0.3 is 11.5 Å². The highest BCUT2D eigenvalue weighted by molar-refractivity contribution is 5.47. The number of nitrogens with zero attached hydrogens (tertiary/aromatic N) is 2. The molecule has 0 fully saturated rings. The average Bonchev–Trinajstić information content (AvgIpc) is 2.34. The monoisotopic (exact) mass is 226 g/mol. The zero-order valence-electron chi connectivity index (χ0n) is 9.38. The maximum Gasteiger partial charge on any atom is 0.0854 e. The van der Waals surface area contributed by atoms with E-state index in [9.17, 15) is 0 Å². The summed E-state index contributed by atoms with van der Waals surface area (Å²) in [6.07, 6.45) is 0. The van der Waals surface area contributed by atoms with Crippen LogP contribution < -0.4 is 11.5 Å². The molecule has 0 radical (unpaired) electrons. The van der Waals surface area contributed by atoms with E-state index >= 15 is 0 Å². The van der Waals surface area contributed by atoms with Gasteiger partial charge in [-0.15, -0.1) is 0 Å². The van der Waals surface area contributed by atoms with Crippen molar-refractivity contribution in [3.05, 3.63) is 54.1 Å². The number of benzene rings is 2. The highest BCUT2D eigenvalue weighted by Gasteiger charge is 1.91. The summed E-state index contributed by atoms with van der Waals surface area (Å²) in [7, 11) is 0. The van der Waals surface area contributed by atoms with E-state index in [4.69, 9.17) is 11.5 Å². The predicted molar refractivity (Wildman–Crippen MR) is 69.9 cm³/mol. The average molecular weight is 226 g/mol. The lowest BCUT2D eigenvalue weighted by Crippen LogP contribution is -1.85. The van der Waals surface area contributed by atoms with Crippen molar-refractivity contribution in [1.29, 1.82) is 0 Å². The van der Waals surface area contributed by atoms with Gasteiger partial charge in [-0.2, -0.15) is 10.2 Å². The molecule has 4 heteroatoms. The number of anilines is 2. The first-order valence-electron chi connectivity index (χ1n) is 5.31. The Kier molecular flexibility index (Phi) is 3.35. The third-order valence-electron chi connectivity index (χ3n) is 2.31. The van der Waals surface area contributed by atoms with Gasteiger partial charge in [-0.3, -0.25) is 0 Å². The molecule has 0 aliphatic carbocycles. The van der Waals surface area contributed by atoms with Crippen LogP contribution in [-0.2, 0) is 6.54 Å². The lowest BCUT2D eigenvalue weighted by Gasteiger charge is -1.97. The maximum atomic E-state index is 5.59. The summed E-state index contributed by atoms with van der Waals surface area (Å²) in [5.74, 6) is 0. The van der Waals surface area contributed by atoms with Gasteiger partial charge in [0.15, 0.2) is 0 Å². The fourth-order valence-corrected chi connectivity index (χ4v) is 1.36. The quantitative estimate of drug-likeness (QED) is 0.623. The Bertz CT molecular complexity index is 500. The summed E-state index contributed by atoms with van der Waals surface area (Å²) in [6, 6.07) is 14.9. The van der Waals surface area contributed by atoms with E-state index < -0.39 is 0 Å². The van der Waals surface area contributed by atoms with Crippen molar-refractivity contribution in [2.75, 3.05) is 11.5 Å². The molecule has 4 nitrogen and oxygen atoms in total. The third kappa shape index (κ3) is 3.31. The van der Waals surface area contributed by atoms with Crippen LogP contribution in [0.2, 0.25) is 0 Å². The van der Waals surface area contributed by atoms with Crippen molar-refractivity contribution in [2.24, 2.45) is 10.2 Å². The number of azo groups is 1. The Morgan fingerprint density at radius 3 is 1.88 bits per heavy atom. The normalized spacial score (nSPS) is 10.8. The Morgan fingerprint density at radius 1 is 0.765 bits per heavy atom. The topological polar surface area (TPSA) is 76.8 Å². The highest BCUT2D eigenvalue weighted by Crippen LogP contribution is 2.15. The van der Waals surface area contributed by atoms with Crippen LogP contribution >= 0.6 is 0 Å². The van der Waals surface area contributed by atoms with Crippen LogP contribution in [0.4, 0.5) is 17.1 Å². The van der Waals surface area contributed by atoms with Crippen molar-refractivity contribution in [3.8, 4) is 0 Å². The SMILES string of the molecule is Nc1ccc(CN=Nc2ccc(N)cc2)cc1. The number of nitrogens with two attached hydrogens (primary N) is 2. The first kappa shape index (κ1) is 11.1. The number of nitrogen functional groups attached to an aromatic ring is 2. The first-order chi connectivity index (χ1) is 8.24. The first-order valence-corrected chi connectivity index (χ1v) is 5.31. The molecule has 4 N–H and O–H groups in total. The zero-order valence-corrected chi connectivity index (χ0v) is 9.38. The second-order valence-electron chi connectivity index (χ2n) is 3.73. The lowest BCUT2D eigenvalue weighted by atomic mass is 10.2. The van der Waals surface area contributed by atoms with Gasteiger partial charge in [0, 0.05) is 11.4 Å². The molecular formula is C13H14N4. The molecule has 17 heavy (non-hydrogen) atoms. The fourth-order valence-electron chi connectivity index (χ4n) is 1.36. The molecule has 0 unspecified atom stereocenters. The van der Waals surface area contributed by atoms with E-state index in [0.29, 0.717) is 6.54 Å². The van der Waals surface area contributed by atoms with Crippen molar-refractivity contribution < 1.29 is 0 Å². The van der Waals surface area contributed by atoms with Gasteiger partial charge >= 0.3 is 0 Å². The minimum Gasteiger partial charge on any atom is -0.399 e. The Balaban J connectivity index is 1.97. The van der Waals surface area contributed by atoms with Gasteiger partial charge in [0.2, 0.25) is 0 Å². The summed E-state index contributed by atoms with van der Waals surface area (Å²) < 4.78 is 0. The van der Waals surface area contributed by atoms with E-state index in [1.165, 1.54) is 0 Å². The molecule has 0 aliphatic rings. The second kappa shape index (κ2) is 5.12. The summed E-state index contributed by atoms with van der Waals surface area (Å²) >= 11 is 0. The standard InChI is InChI=1S/C13H14N4/c14-11-3-1-10(2-4-11)9-16-17-13-7-5-12(15)6-8-13/h1-8H,9,14-15H2. The summed E-state index contributed by atoms with van der Waals surface area (Å²) in [5, 5.41) is 8.22. The van der Waals surface area contributed by atoms with Gasteiger partial charge in [-0.05, 0) is 42.0 Å². The smallest absolute Gasteiger partial charge is 0.0854 e. The molecule has 2 aromatic carbocycles. The molecule has 0 aromatic heterocycles. The minimum atomic E-state index is 0.546. The van der Waals surface area contributed by atoms with Gasteiger partial charge in [-0.25, -0.2) is 0 Å². The van der Waals surface area contributed by atoms with Crippen LogP contribution in [0, 0.1) is 0 Å². The molecule has 86 valence electrons. The van der Waals surface area contributed by atoms with E-state index in [-0.39, 0.29) is 0 Å². The number of hydrogen-bond acceptors (Lipinski definition) is 4. The molecule has 0 aliphatic heterocycles. The largest absolute Gasteiger partial charge is 0.399 e. The van der Waals surface area contributed by atoms with E-state index in [1.54, 1.807) is 12.1 Å². The summed E-state index contributed by atoms with van der Waals surface area (Å²) in [4.78, 5) is 0. The van der Waals surface area contributed by atoms with Crippen molar-refractivity contribution >= 4 is 17.1 Å². The van der Waals surface area contributed by atoms with Gasteiger partial charge in [0.25, 0.3) is 0 Å². The molecule has 2 rings (SSSR count). The van der Waals surface area contributed by atoms with Gasteiger partial charge in [0.05, 0.1) is 12.2 Å². The minimum absolute atomic E-state index is 0.546. The van der Waals surface area contributed by atoms with Gasteiger partial charge in [-0.1, -0.05) is 12.1 Å². The molecule has 0 bridgehead atoms. The maximum absolute atomic E-state index is 5.59. The van der Waals surface area contributed by atoms with Crippen molar-refractivity contribution in [1.82, 2.24) is 0 Å². The molecule has 0 saturated heterocycles. The van der Waals surface area contributed by atoms with Crippen LogP contribution in [0.25, 0.3) is 0 Å². The summed E-state index contributed by atoms with van der Waals surface area (Å²) in [5.41, 5.74) is 14.5.